The van der Waals surface area contributed by atoms with Gasteiger partial charge in [-0.2, -0.15) is 0 Å². The summed E-state index contributed by atoms with van der Waals surface area (Å²) in [6.45, 7) is 0. The van der Waals surface area contributed by atoms with Crippen LogP contribution in [0.3, 0.4) is 0 Å². The Bertz CT molecular complexity index is 355. The summed E-state index contributed by atoms with van der Waals surface area (Å²) in [4.78, 5) is 3.98. The van der Waals surface area contributed by atoms with Gasteiger partial charge in [0.15, 0.2) is 0 Å². The molecule has 2 rings (SSSR count). The van der Waals surface area contributed by atoms with E-state index in [1.54, 1.807) is 11.6 Å². The number of fused-ring (bicyclic) bond motifs is 1. The summed E-state index contributed by atoms with van der Waals surface area (Å²) in [5.41, 5.74) is 2.50. The van der Waals surface area contributed by atoms with Gasteiger partial charge in [-0.05, 0) is 12.1 Å². The van der Waals surface area contributed by atoms with Gasteiger partial charge in [0.2, 0.25) is 0 Å². The molecule has 0 atom stereocenters. The van der Waals surface area contributed by atoms with Crippen molar-refractivity contribution in [3.8, 4) is 0 Å². The Morgan fingerprint density at radius 3 is 3.40 bits per heavy atom. The van der Waals surface area contributed by atoms with Crippen LogP contribution in [-0.4, -0.2) is 4.98 Å². The second-order valence-electron chi connectivity index (χ2n) is 1.88. The number of thiazole rings is 1. The Morgan fingerprint density at radius 2 is 2.50 bits per heavy atom. The zero-order chi connectivity index (χ0) is 6.97. The second kappa shape index (κ2) is 2.02. The quantitative estimate of drug-likeness (QED) is 0.564. The predicted molar refractivity (Wildman–Crippen MR) is 38.4 cm³/mol. The minimum Gasteiger partial charge on any atom is -0.245 e. The maximum absolute atomic E-state index is 12.4. The highest BCUT2D eigenvalue weighted by atomic mass is 32.1. The van der Waals surface area contributed by atoms with Crippen molar-refractivity contribution in [2.24, 2.45) is 0 Å². The highest BCUT2D eigenvalue weighted by Gasteiger charge is 1.96. The van der Waals surface area contributed by atoms with Crippen molar-refractivity contribution in [3.05, 3.63) is 29.5 Å². The average molecular weight is 152 g/mol. The normalized spacial score (nSPS) is 10.5. The first-order chi connectivity index (χ1) is 4.86. The number of rotatable bonds is 0. The molecule has 0 fully saturated rings. The van der Waals surface area contributed by atoms with E-state index < -0.39 is 0 Å². The van der Waals surface area contributed by atoms with Gasteiger partial charge >= 0.3 is 0 Å². The monoisotopic (exact) mass is 152 g/mol. The molecule has 1 radical (unpaired) electrons. The molecule has 0 N–H and O–H groups in total. The Labute approximate surface area is 61.1 Å². The summed E-state index contributed by atoms with van der Waals surface area (Å²) >= 11 is 1.43. The summed E-state index contributed by atoms with van der Waals surface area (Å²) in [6.07, 6.45) is 0. The molecule has 0 aliphatic carbocycles. The number of hydrogen-bond acceptors (Lipinski definition) is 2. The summed E-state index contributed by atoms with van der Waals surface area (Å²) in [7, 11) is 0. The van der Waals surface area contributed by atoms with Gasteiger partial charge < -0.3 is 0 Å². The molecule has 0 amide bonds. The molecule has 0 bridgehead atoms. The summed E-state index contributed by atoms with van der Waals surface area (Å²) in [5, 5.41) is 0. The van der Waals surface area contributed by atoms with Crippen molar-refractivity contribution in [2.45, 2.75) is 0 Å². The number of benzene rings is 1. The van der Waals surface area contributed by atoms with Gasteiger partial charge in [-0.1, -0.05) is 0 Å². The van der Waals surface area contributed by atoms with E-state index in [0.29, 0.717) is 0 Å². The minimum atomic E-state index is -0.322. The second-order valence-corrected chi connectivity index (χ2v) is 2.77. The van der Waals surface area contributed by atoms with E-state index in [9.17, 15) is 4.39 Å². The minimum absolute atomic E-state index is 0.322. The standard InChI is InChI=1S/C7H3FNS/c8-5-1-2-6-7(3-5)10-4-9-6/h2-4H. The van der Waals surface area contributed by atoms with Crippen molar-refractivity contribution < 1.29 is 4.39 Å². The SMILES string of the molecule is Fc1[c]cc2ncsc2c1. The summed E-state index contributed by atoms with van der Waals surface area (Å²) < 4.78 is 13.3. The first-order valence-corrected chi connectivity index (χ1v) is 3.64. The Balaban J connectivity index is 2.86. The molecule has 1 aromatic carbocycles. The fourth-order valence-electron chi connectivity index (χ4n) is 0.774. The van der Waals surface area contributed by atoms with Gasteiger partial charge in [-0.3, -0.25) is 0 Å². The van der Waals surface area contributed by atoms with Gasteiger partial charge in [0.1, 0.15) is 5.82 Å². The zero-order valence-corrected chi connectivity index (χ0v) is 5.78. The van der Waals surface area contributed by atoms with E-state index in [-0.39, 0.29) is 5.82 Å². The molecule has 1 nitrogen and oxygen atoms in total. The molecule has 0 saturated heterocycles. The van der Waals surface area contributed by atoms with Crippen molar-refractivity contribution in [1.82, 2.24) is 4.98 Å². The molecule has 0 unspecified atom stereocenters. The van der Waals surface area contributed by atoms with E-state index >= 15 is 0 Å². The maximum atomic E-state index is 12.4. The van der Waals surface area contributed by atoms with Crippen LogP contribution in [0.1, 0.15) is 0 Å². The van der Waals surface area contributed by atoms with E-state index in [4.69, 9.17) is 0 Å². The lowest BCUT2D eigenvalue weighted by Crippen LogP contribution is -1.71. The van der Waals surface area contributed by atoms with Crippen molar-refractivity contribution in [2.75, 3.05) is 0 Å². The van der Waals surface area contributed by atoms with Gasteiger partial charge in [0.05, 0.1) is 15.7 Å². The molecule has 0 aliphatic heterocycles. The van der Waals surface area contributed by atoms with Gasteiger partial charge in [-0.25, -0.2) is 9.37 Å². The summed E-state index contributed by atoms with van der Waals surface area (Å²) in [5.74, 6) is -0.322. The largest absolute Gasteiger partial charge is 0.245 e. The van der Waals surface area contributed by atoms with Crippen molar-refractivity contribution in [3.63, 3.8) is 0 Å². The fourth-order valence-corrected chi connectivity index (χ4v) is 1.46. The highest BCUT2D eigenvalue weighted by molar-refractivity contribution is 7.16. The third kappa shape index (κ3) is 0.789. The van der Waals surface area contributed by atoms with Crippen LogP contribution in [0, 0.1) is 11.9 Å². The lowest BCUT2D eigenvalue weighted by Gasteiger charge is -1.84. The van der Waals surface area contributed by atoms with E-state index in [0.717, 1.165) is 10.2 Å². The van der Waals surface area contributed by atoms with Crippen LogP contribution in [0.5, 0.6) is 0 Å². The van der Waals surface area contributed by atoms with Gasteiger partial charge in [-0.15, -0.1) is 11.3 Å². The smallest absolute Gasteiger partial charge is 0.132 e. The van der Waals surface area contributed by atoms with Crippen LogP contribution in [0.25, 0.3) is 10.2 Å². The Morgan fingerprint density at radius 1 is 1.60 bits per heavy atom. The van der Waals surface area contributed by atoms with Crippen LogP contribution in [-0.2, 0) is 0 Å². The van der Waals surface area contributed by atoms with Crippen LogP contribution < -0.4 is 0 Å². The lowest BCUT2D eigenvalue weighted by molar-refractivity contribution is 0.627. The molecule has 49 valence electrons. The third-order valence-electron chi connectivity index (χ3n) is 1.23. The number of hydrogen-bond donors (Lipinski definition) is 0. The average Bonchev–Trinajstić information content (AvgIpc) is 2.33. The van der Waals surface area contributed by atoms with Crippen molar-refractivity contribution >= 4 is 21.6 Å². The van der Waals surface area contributed by atoms with Crippen molar-refractivity contribution in [1.29, 1.82) is 0 Å². The van der Waals surface area contributed by atoms with Gasteiger partial charge in [0.25, 0.3) is 0 Å². The van der Waals surface area contributed by atoms with E-state index in [1.165, 1.54) is 17.4 Å². The molecule has 2 aromatic rings. The Kier molecular flexibility index (Phi) is 1.17. The molecule has 1 heterocycles. The maximum Gasteiger partial charge on any atom is 0.132 e. The molecule has 1 aromatic heterocycles. The summed E-state index contributed by atoms with van der Waals surface area (Å²) in [6, 6.07) is 5.43. The third-order valence-corrected chi connectivity index (χ3v) is 2.02. The highest BCUT2D eigenvalue weighted by Crippen LogP contribution is 2.17. The molecular weight excluding hydrogens is 149 g/mol. The predicted octanol–water partition coefficient (Wildman–Crippen LogP) is 2.24. The van der Waals surface area contributed by atoms with Crippen LogP contribution >= 0.6 is 11.3 Å². The van der Waals surface area contributed by atoms with Crippen LogP contribution in [0.4, 0.5) is 4.39 Å². The molecule has 10 heavy (non-hydrogen) atoms. The lowest BCUT2D eigenvalue weighted by atomic mass is 10.3. The first kappa shape index (κ1) is 5.80. The number of nitrogens with zero attached hydrogens (tertiary/aromatic N) is 1. The molecule has 0 saturated carbocycles. The van der Waals surface area contributed by atoms with E-state index in [2.05, 4.69) is 11.1 Å². The van der Waals surface area contributed by atoms with E-state index in [1.807, 2.05) is 0 Å². The molecule has 3 heteroatoms. The van der Waals surface area contributed by atoms with Crippen LogP contribution in [0.15, 0.2) is 17.6 Å². The molecular formula is C7H3FNS. The first-order valence-electron chi connectivity index (χ1n) is 2.77. The fraction of sp³-hybridized carbons (Fsp3) is 0. The number of halogens is 1. The van der Waals surface area contributed by atoms with Crippen LogP contribution in [0.2, 0.25) is 0 Å². The van der Waals surface area contributed by atoms with Gasteiger partial charge in [0, 0.05) is 6.07 Å². The number of aromatic nitrogens is 1. The molecule has 0 spiro atoms. The topological polar surface area (TPSA) is 12.9 Å². The molecule has 0 aliphatic rings. The zero-order valence-electron chi connectivity index (χ0n) is 4.97. The Hall–Kier alpha value is -0.960.